The molecule has 0 spiro atoms. The molecule has 0 bridgehead atoms. The number of rotatable bonds is 1. The number of nitrogens with two attached hydrogens (primary N) is 1. The van der Waals surface area contributed by atoms with E-state index in [9.17, 15) is 10.1 Å². The minimum atomic E-state index is -0.465. The maximum absolute atomic E-state index is 10.8. The second-order valence-corrected chi connectivity index (χ2v) is 4.89. The number of hydrogen-bond acceptors (Lipinski definition) is 5. The molecular weight excluding hydrogens is 224 g/mol. The fraction of sp³-hybridized carbons (Fsp3) is 0.455. The molecule has 90 valence electrons. The van der Waals surface area contributed by atoms with Crippen LogP contribution in [0.1, 0.15) is 25.5 Å². The zero-order valence-corrected chi connectivity index (χ0v) is 9.47. The number of nitro benzene ring substituents is 1. The Kier molecular flexibility index (Phi) is 1.76. The second kappa shape index (κ2) is 2.89. The lowest BCUT2D eigenvalue weighted by atomic mass is 9.93. The van der Waals surface area contributed by atoms with E-state index in [4.69, 9.17) is 15.2 Å². The molecule has 0 aliphatic carbocycles. The van der Waals surface area contributed by atoms with Gasteiger partial charge in [0.1, 0.15) is 23.6 Å². The summed E-state index contributed by atoms with van der Waals surface area (Å²) in [6, 6.07) is 2.79. The highest BCUT2D eigenvalue weighted by molar-refractivity contribution is 5.65. The lowest BCUT2D eigenvalue weighted by Gasteiger charge is -2.30. The number of epoxide rings is 1. The standard InChI is InChI=1S/C11H12N2O4/c1-11(2)10-9(16-10)6-3-5(13(14)15)4-7(12)8(6)17-11/h3-4,9-10H,12H2,1-2H3. The van der Waals surface area contributed by atoms with Gasteiger partial charge in [0.25, 0.3) is 5.69 Å². The number of ether oxygens (including phenoxy) is 2. The Bertz CT molecular complexity index is 526. The van der Waals surface area contributed by atoms with E-state index in [2.05, 4.69) is 0 Å². The van der Waals surface area contributed by atoms with Crippen LogP contribution in [0, 0.1) is 10.1 Å². The summed E-state index contributed by atoms with van der Waals surface area (Å²) in [4.78, 5) is 10.3. The second-order valence-electron chi connectivity index (χ2n) is 4.89. The van der Waals surface area contributed by atoms with Crippen LogP contribution < -0.4 is 10.5 Å². The molecule has 6 nitrogen and oxygen atoms in total. The topological polar surface area (TPSA) is 90.9 Å². The van der Waals surface area contributed by atoms with Crippen molar-refractivity contribution in [1.29, 1.82) is 0 Å². The van der Waals surface area contributed by atoms with Crippen molar-refractivity contribution in [3.8, 4) is 5.75 Å². The first kappa shape index (κ1) is 10.3. The smallest absolute Gasteiger partial charge is 0.272 e. The van der Waals surface area contributed by atoms with Crippen molar-refractivity contribution in [2.75, 3.05) is 5.73 Å². The maximum Gasteiger partial charge on any atom is 0.272 e. The van der Waals surface area contributed by atoms with Crippen LogP contribution in [-0.2, 0) is 4.74 Å². The molecule has 2 heterocycles. The fourth-order valence-electron chi connectivity index (χ4n) is 2.29. The zero-order valence-electron chi connectivity index (χ0n) is 9.47. The first-order valence-electron chi connectivity index (χ1n) is 5.32. The molecule has 2 atom stereocenters. The van der Waals surface area contributed by atoms with Gasteiger partial charge in [0.15, 0.2) is 0 Å². The van der Waals surface area contributed by atoms with Crippen LogP contribution in [0.25, 0.3) is 0 Å². The molecule has 0 amide bonds. The van der Waals surface area contributed by atoms with Gasteiger partial charge in [-0.05, 0) is 13.8 Å². The molecule has 1 aromatic carbocycles. The van der Waals surface area contributed by atoms with Crippen LogP contribution >= 0.6 is 0 Å². The van der Waals surface area contributed by atoms with Gasteiger partial charge >= 0.3 is 0 Å². The number of nitro groups is 1. The highest BCUT2D eigenvalue weighted by atomic mass is 16.6. The van der Waals surface area contributed by atoms with Crippen molar-refractivity contribution in [3.05, 3.63) is 27.8 Å². The molecule has 0 radical (unpaired) electrons. The molecule has 3 rings (SSSR count). The Morgan fingerprint density at radius 2 is 2.18 bits per heavy atom. The Morgan fingerprint density at radius 3 is 2.82 bits per heavy atom. The summed E-state index contributed by atoms with van der Waals surface area (Å²) in [5, 5.41) is 10.8. The summed E-state index contributed by atoms with van der Waals surface area (Å²) < 4.78 is 11.3. The van der Waals surface area contributed by atoms with E-state index < -0.39 is 10.5 Å². The number of hydrogen-bond donors (Lipinski definition) is 1. The summed E-state index contributed by atoms with van der Waals surface area (Å²) in [5.41, 5.74) is 6.30. The number of non-ortho nitro benzene ring substituents is 1. The molecule has 1 fully saturated rings. The van der Waals surface area contributed by atoms with Crippen molar-refractivity contribution >= 4 is 11.4 Å². The van der Waals surface area contributed by atoms with Gasteiger partial charge in [-0.3, -0.25) is 10.1 Å². The van der Waals surface area contributed by atoms with Gasteiger partial charge in [0.05, 0.1) is 10.6 Å². The lowest BCUT2D eigenvalue weighted by Crippen LogP contribution is -2.38. The summed E-state index contributed by atoms with van der Waals surface area (Å²) in [6.07, 6.45) is -0.174. The molecule has 0 saturated carbocycles. The highest BCUT2D eigenvalue weighted by Gasteiger charge is 2.57. The van der Waals surface area contributed by atoms with Gasteiger partial charge in [-0.2, -0.15) is 0 Å². The maximum atomic E-state index is 10.8. The average molecular weight is 236 g/mol. The first-order valence-corrected chi connectivity index (χ1v) is 5.32. The number of benzene rings is 1. The van der Waals surface area contributed by atoms with Crippen LogP contribution in [0.15, 0.2) is 12.1 Å². The lowest BCUT2D eigenvalue weighted by molar-refractivity contribution is -0.384. The minimum absolute atomic E-state index is 0.0289. The van der Waals surface area contributed by atoms with Gasteiger partial charge < -0.3 is 15.2 Å². The zero-order chi connectivity index (χ0) is 12.4. The number of anilines is 1. The molecule has 2 aliphatic rings. The third kappa shape index (κ3) is 1.37. The molecule has 17 heavy (non-hydrogen) atoms. The number of fused-ring (bicyclic) bond motifs is 3. The molecule has 1 saturated heterocycles. The van der Waals surface area contributed by atoms with Crippen LogP contribution in [0.5, 0.6) is 5.75 Å². The molecule has 2 unspecified atom stereocenters. The quantitative estimate of drug-likeness (QED) is 0.347. The Morgan fingerprint density at radius 1 is 1.47 bits per heavy atom. The van der Waals surface area contributed by atoms with Gasteiger partial charge in [-0.25, -0.2) is 0 Å². The van der Waals surface area contributed by atoms with Crippen molar-refractivity contribution < 1.29 is 14.4 Å². The van der Waals surface area contributed by atoms with Gasteiger partial charge in [-0.1, -0.05) is 0 Å². The summed E-state index contributed by atoms with van der Waals surface area (Å²) in [5.74, 6) is 0.513. The largest absolute Gasteiger partial charge is 0.482 e. The summed E-state index contributed by atoms with van der Waals surface area (Å²) in [6.45, 7) is 3.84. The molecule has 2 aliphatic heterocycles. The molecule has 6 heteroatoms. The predicted octanol–water partition coefficient (Wildman–Crippen LogP) is 1.79. The minimum Gasteiger partial charge on any atom is -0.482 e. The van der Waals surface area contributed by atoms with E-state index in [1.807, 2.05) is 13.8 Å². The van der Waals surface area contributed by atoms with E-state index >= 15 is 0 Å². The average Bonchev–Trinajstić information content (AvgIpc) is 2.99. The van der Waals surface area contributed by atoms with Gasteiger partial charge in [0.2, 0.25) is 0 Å². The fourth-order valence-corrected chi connectivity index (χ4v) is 2.29. The van der Waals surface area contributed by atoms with Crippen LogP contribution in [-0.4, -0.2) is 16.6 Å². The van der Waals surface area contributed by atoms with Gasteiger partial charge in [-0.15, -0.1) is 0 Å². The Labute approximate surface area is 97.5 Å². The van der Waals surface area contributed by atoms with Crippen molar-refractivity contribution in [1.82, 2.24) is 0 Å². The molecule has 1 aromatic rings. The van der Waals surface area contributed by atoms with E-state index in [0.29, 0.717) is 11.3 Å². The Balaban J connectivity index is 2.14. The SMILES string of the molecule is CC1(C)Oc2c(N)cc([N+](=O)[O-])cc2C2OC21. The highest BCUT2D eigenvalue weighted by Crippen LogP contribution is 2.55. The molecule has 0 aromatic heterocycles. The van der Waals surface area contributed by atoms with Crippen molar-refractivity contribution in [3.63, 3.8) is 0 Å². The van der Waals surface area contributed by atoms with Gasteiger partial charge in [0, 0.05) is 17.7 Å². The van der Waals surface area contributed by atoms with E-state index in [0.717, 1.165) is 0 Å². The number of nitrogens with zero attached hydrogens (tertiary/aromatic N) is 1. The summed E-state index contributed by atoms with van der Waals surface area (Å²) in [7, 11) is 0. The van der Waals surface area contributed by atoms with E-state index in [1.54, 1.807) is 0 Å². The third-order valence-electron chi connectivity index (χ3n) is 3.19. The van der Waals surface area contributed by atoms with E-state index in [-0.39, 0.29) is 23.6 Å². The normalized spacial score (nSPS) is 27.6. The molecular formula is C11H12N2O4. The predicted molar refractivity (Wildman–Crippen MR) is 59.8 cm³/mol. The Hall–Kier alpha value is -1.82. The third-order valence-corrected chi connectivity index (χ3v) is 3.19. The van der Waals surface area contributed by atoms with Crippen molar-refractivity contribution in [2.45, 2.75) is 31.7 Å². The monoisotopic (exact) mass is 236 g/mol. The van der Waals surface area contributed by atoms with Crippen molar-refractivity contribution in [2.24, 2.45) is 0 Å². The van der Waals surface area contributed by atoms with Crippen LogP contribution in [0.4, 0.5) is 11.4 Å². The van der Waals surface area contributed by atoms with Crippen LogP contribution in [0.3, 0.4) is 0 Å². The van der Waals surface area contributed by atoms with Crippen LogP contribution in [0.2, 0.25) is 0 Å². The molecule has 2 N–H and O–H groups in total. The first-order chi connectivity index (χ1) is 7.90. The summed E-state index contributed by atoms with van der Waals surface area (Å²) >= 11 is 0. The van der Waals surface area contributed by atoms with E-state index in [1.165, 1.54) is 12.1 Å². The number of nitrogen functional groups attached to an aromatic ring is 1.